The highest BCUT2D eigenvalue weighted by atomic mass is 16.6. The molecule has 0 saturated carbocycles. The van der Waals surface area contributed by atoms with Crippen molar-refractivity contribution >= 4 is 11.8 Å². The third-order valence-corrected chi connectivity index (χ3v) is 5.14. The number of hydrogen-bond donors (Lipinski definition) is 2. The Morgan fingerprint density at radius 2 is 1.19 bits per heavy atom. The summed E-state index contributed by atoms with van der Waals surface area (Å²) in [6.45, 7) is 0. The van der Waals surface area contributed by atoms with Crippen molar-refractivity contribution in [2.45, 2.75) is 5.60 Å². The highest BCUT2D eigenvalue weighted by Crippen LogP contribution is 2.33. The molecule has 0 heterocycles. The predicted octanol–water partition coefficient (Wildman–Crippen LogP) is 4.46. The minimum absolute atomic E-state index is 0.00222. The van der Waals surface area contributed by atoms with Crippen LogP contribution in [0.4, 0.5) is 0 Å². The van der Waals surface area contributed by atoms with Crippen LogP contribution in [0.1, 0.15) is 27.0 Å². The summed E-state index contributed by atoms with van der Waals surface area (Å²) in [6.07, 6.45) is 0. The fourth-order valence-corrected chi connectivity index (χ4v) is 3.45. The van der Waals surface area contributed by atoms with Crippen molar-refractivity contribution in [1.29, 1.82) is 0 Å². The molecule has 0 aliphatic rings. The number of phenolic OH excluding ortho intramolecular Hbond substituents is 1. The molecule has 2 N–H and O–H groups in total. The van der Waals surface area contributed by atoms with Crippen LogP contribution in [-0.4, -0.2) is 22.0 Å². The summed E-state index contributed by atoms with van der Waals surface area (Å²) in [5, 5.41) is 21.9. The van der Waals surface area contributed by atoms with Crippen LogP contribution in [0.25, 0.3) is 0 Å². The molecule has 0 bridgehead atoms. The molecule has 0 fully saturated rings. The number of benzene rings is 4. The van der Waals surface area contributed by atoms with Crippen LogP contribution in [0, 0.1) is 0 Å². The van der Waals surface area contributed by atoms with Gasteiger partial charge in [-0.15, -0.1) is 0 Å². The van der Waals surface area contributed by atoms with Crippen molar-refractivity contribution in [3.63, 3.8) is 0 Å². The molecule has 0 atom stereocenters. The Balaban J connectivity index is 1.65. The molecule has 0 radical (unpaired) electrons. The lowest BCUT2D eigenvalue weighted by Crippen LogP contribution is -2.40. The number of carbonyl (C=O) groups is 2. The molecular weight excluding hydrogens is 404 g/mol. The van der Waals surface area contributed by atoms with E-state index in [0.717, 1.165) is 0 Å². The summed E-state index contributed by atoms with van der Waals surface area (Å²) in [7, 11) is 0. The fourth-order valence-electron chi connectivity index (χ4n) is 3.45. The Morgan fingerprint density at radius 1 is 0.688 bits per heavy atom. The topological polar surface area (TPSA) is 83.8 Å². The molecule has 0 aliphatic heterocycles. The molecule has 4 rings (SSSR count). The first-order valence-electron chi connectivity index (χ1n) is 9.98. The first kappa shape index (κ1) is 21.0. The maximum atomic E-state index is 13.2. The largest absolute Gasteiger partial charge is 0.507 e. The standard InChI is InChI=1S/C27H20O5/c28-24-18-22(16-17-23(24)25(29)19-10-4-1-5-11-19)32-26(30)27(31,20-12-6-2-7-13-20)21-14-8-3-9-15-21/h1-18,28,31H. The van der Waals surface area contributed by atoms with Gasteiger partial charge in [-0.2, -0.15) is 0 Å². The Morgan fingerprint density at radius 3 is 1.69 bits per heavy atom. The molecule has 0 amide bonds. The van der Waals surface area contributed by atoms with E-state index in [0.29, 0.717) is 16.7 Å². The molecule has 0 aromatic heterocycles. The van der Waals surface area contributed by atoms with Crippen LogP contribution in [0.5, 0.6) is 11.5 Å². The predicted molar refractivity (Wildman–Crippen MR) is 119 cm³/mol. The van der Waals surface area contributed by atoms with Gasteiger partial charge in [-0.1, -0.05) is 91.0 Å². The highest BCUT2D eigenvalue weighted by molar-refractivity contribution is 6.10. The Hall–Kier alpha value is -4.22. The average Bonchev–Trinajstić information content (AvgIpc) is 2.85. The van der Waals surface area contributed by atoms with Gasteiger partial charge in [-0.05, 0) is 23.3 Å². The van der Waals surface area contributed by atoms with Crippen molar-refractivity contribution in [2.24, 2.45) is 0 Å². The van der Waals surface area contributed by atoms with Gasteiger partial charge in [0.05, 0.1) is 5.56 Å². The van der Waals surface area contributed by atoms with Crippen LogP contribution >= 0.6 is 0 Å². The molecule has 4 aromatic rings. The molecule has 0 aliphatic carbocycles. The normalized spacial score (nSPS) is 11.0. The number of hydrogen-bond acceptors (Lipinski definition) is 5. The van der Waals surface area contributed by atoms with E-state index in [1.165, 1.54) is 18.2 Å². The van der Waals surface area contributed by atoms with Crippen LogP contribution in [0.3, 0.4) is 0 Å². The number of aromatic hydroxyl groups is 1. The fraction of sp³-hybridized carbons (Fsp3) is 0.0370. The summed E-state index contributed by atoms with van der Waals surface area (Å²) in [5.41, 5.74) is -0.864. The third kappa shape index (κ3) is 4.02. The van der Waals surface area contributed by atoms with E-state index in [2.05, 4.69) is 0 Å². The summed E-state index contributed by atoms with van der Waals surface area (Å²) in [6, 6.07) is 29.5. The van der Waals surface area contributed by atoms with Gasteiger partial charge in [0.15, 0.2) is 5.78 Å². The zero-order chi connectivity index (χ0) is 22.6. The van der Waals surface area contributed by atoms with Crippen molar-refractivity contribution < 1.29 is 24.5 Å². The van der Waals surface area contributed by atoms with Gasteiger partial charge in [0.1, 0.15) is 11.5 Å². The van der Waals surface area contributed by atoms with E-state index >= 15 is 0 Å². The minimum atomic E-state index is -2.06. The maximum Gasteiger partial charge on any atom is 0.353 e. The highest BCUT2D eigenvalue weighted by Gasteiger charge is 2.42. The van der Waals surface area contributed by atoms with Gasteiger partial charge in [0.2, 0.25) is 5.60 Å². The van der Waals surface area contributed by atoms with Gasteiger partial charge in [0, 0.05) is 11.6 Å². The lowest BCUT2D eigenvalue weighted by atomic mass is 9.86. The number of rotatable bonds is 6. The van der Waals surface area contributed by atoms with Gasteiger partial charge < -0.3 is 14.9 Å². The van der Waals surface area contributed by atoms with E-state index in [1.54, 1.807) is 91.0 Å². The van der Waals surface area contributed by atoms with Gasteiger partial charge in [0.25, 0.3) is 0 Å². The zero-order valence-corrected chi connectivity index (χ0v) is 17.0. The van der Waals surface area contributed by atoms with E-state index in [4.69, 9.17) is 4.74 Å². The van der Waals surface area contributed by atoms with E-state index in [1.807, 2.05) is 0 Å². The molecule has 0 spiro atoms. The van der Waals surface area contributed by atoms with Crippen molar-refractivity contribution in [1.82, 2.24) is 0 Å². The van der Waals surface area contributed by atoms with E-state index < -0.39 is 11.6 Å². The summed E-state index contributed by atoms with van der Waals surface area (Å²) < 4.78 is 5.45. The first-order chi connectivity index (χ1) is 15.5. The number of ether oxygens (including phenoxy) is 1. The zero-order valence-electron chi connectivity index (χ0n) is 17.0. The third-order valence-electron chi connectivity index (χ3n) is 5.14. The SMILES string of the molecule is O=C(c1ccccc1)c1ccc(OC(=O)C(O)(c2ccccc2)c2ccccc2)cc1O. The molecule has 0 saturated heterocycles. The van der Waals surface area contributed by atoms with Gasteiger partial charge >= 0.3 is 5.97 Å². The average molecular weight is 424 g/mol. The molecule has 158 valence electrons. The quantitative estimate of drug-likeness (QED) is 0.271. The number of ketones is 1. The molecule has 4 aromatic carbocycles. The summed E-state index contributed by atoms with van der Waals surface area (Å²) >= 11 is 0. The Labute approximate surface area is 185 Å². The number of phenols is 1. The monoisotopic (exact) mass is 424 g/mol. The van der Waals surface area contributed by atoms with Gasteiger partial charge in [-0.25, -0.2) is 4.79 Å². The first-order valence-corrected chi connectivity index (χ1v) is 9.98. The number of aliphatic hydroxyl groups is 1. The van der Waals surface area contributed by atoms with Crippen molar-refractivity contribution in [3.05, 3.63) is 131 Å². The molecular formula is C27H20O5. The smallest absolute Gasteiger partial charge is 0.353 e. The number of carbonyl (C=O) groups excluding carboxylic acids is 2. The van der Waals surface area contributed by atoms with Crippen molar-refractivity contribution in [2.75, 3.05) is 0 Å². The lowest BCUT2D eigenvalue weighted by Gasteiger charge is -2.27. The summed E-state index contributed by atoms with van der Waals surface area (Å²) in [4.78, 5) is 25.8. The van der Waals surface area contributed by atoms with E-state index in [-0.39, 0.29) is 22.8 Å². The van der Waals surface area contributed by atoms with Crippen LogP contribution in [0.2, 0.25) is 0 Å². The van der Waals surface area contributed by atoms with Crippen LogP contribution < -0.4 is 4.74 Å². The number of esters is 1. The van der Waals surface area contributed by atoms with Gasteiger partial charge in [-0.3, -0.25) is 4.79 Å². The lowest BCUT2D eigenvalue weighted by molar-refractivity contribution is -0.152. The van der Waals surface area contributed by atoms with Crippen molar-refractivity contribution in [3.8, 4) is 11.5 Å². The second kappa shape index (κ2) is 8.88. The summed E-state index contributed by atoms with van der Waals surface area (Å²) in [5.74, 6) is -1.61. The van der Waals surface area contributed by atoms with E-state index in [9.17, 15) is 19.8 Å². The second-order valence-corrected chi connectivity index (χ2v) is 7.21. The molecule has 5 nitrogen and oxygen atoms in total. The molecule has 5 heteroatoms. The Bertz CT molecular complexity index is 1200. The molecule has 32 heavy (non-hydrogen) atoms. The Kier molecular flexibility index (Phi) is 5.83. The maximum absolute atomic E-state index is 13.2. The minimum Gasteiger partial charge on any atom is -0.507 e. The second-order valence-electron chi connectivity index (χ2n) is 7.21. The van der Waals surface area contributed by atoms with Crippen LogP contribution in [-0.2, 0) is 10.4 Å². The van der Waals surface area contributed by atoms with Crippen LogP contribution in [0.15, 0.2) is 109 Å². The molecule has 0 unspecified atom stereocenters.